The van der Waals surface area contributed by atoms with Gasteiger partial charge in [0.1, 0.15) is 5.75 Å². The second-order valence-corrected chi connectivity index (χ2v) is 5.21. The monoisotopic (exact) mass is 309 g/mol. The number of benzene rings is 1. The second-order valence-electron chi connectivity index (χ2n) is 4.30. The van der Waals surface area contributed by atoms with E-state index in [4.69, 9.17) is 0 Å². The highest BCUT2D eigenvalue weighted by atomic mass is 79.9. The van der Waals surface area contributed by atoms with Crippen molar-refractivity contribution in [3.8, 4) is 5.75 Å². The number of aryl methyl sites for hydroxylation is 2. The van der Waals surface area contributed by atoms with E-state index in [-0.39, 0.29) is 0 Å². The number of nitrogens with zero attached hydrogens (tertiary/aromatic N) is 2. The molecule has 0 aliphatic heterocycles. The molecule has 0 saturated heterocycles. The van der Waals surface area contributed by atoms with Crippen molar-refractivity contribution < 1.29 is 5.11 Å². The zero-order valence-electron chi connectivity index (χ0n) is 10.7. The van der Waals surface area contributed by atoms with Crippen molar-refractivity contribution in [2.75, 3.05) is 5.32 Å². The third-order valence-corrected chi connectivity index (χ3v) is 3.50. The lowest BCUT2D eigenvalue weighted by atomic mass is 10.2. The summed E-state index contributed by atoms with van der Waals surface area (Å²) >= 11 is 3.40. The first kappa shape index (κ1) is 13.0. The van der Waals surface area contributed by atoms with Crippen LogP contribution in [0.5, 0.6) is 5.75 Å². The Morgan fingerprint density at radius 3 is 2.72 bits per heavy atom. The molecule has 0 unspecified atom stereocenters. The summed E-state index contributed by atoms with van der Waals surface area (Å²) in [4.78, 5) is 0. The quantitative estimate of drug-likeness (QED) is 0.916. The van der Waals surface area contributed by atoms with E-state index in [1.54, 1.807) is 6.07 Å². The fourth-order valence-corrected chi connectivity index (χ4v) is 2.32. The highest BCUT2D eigenvalue weighted by molar-refractivity contribution is 9.10. The van der Waals surface area contributed by atoms with Crippen LogP contribution in [0.2, 0.25) is 0 Å². The third-order valence-electron chi connectivity index (χ3n) is 3.01. The topological polar surface area (TPSA) is 50.1 Å². The Morgan fingerprint density at radius 1 is 1.39 bits per heavy atom. The molecule has 0 saturated carbocycles. The molecule has 96 valence electrons. The van der Waals surface area contributed by atoms with E-state index in [0.29, 0.717) is 12.3 Å². The molecule has 0 atom stereocenters. The first-order valence-electron chi connectivity index (χ1n) is 5.70. The van der Waals surface area contributed by atoms with Gasteiger partial charge in [0.15, 0.2) is 0 Å². The lowest BCUT2D eigenvalue weighted by molar-refractivity contribution is 0.469. The number of nitrogens with one attached hydrogen (secondary N) is 1. The van der Waals surface area contributed by atoms with Crippen molar-refractivity contribution in [1.82, 2.24) is 9.78 Å². The minimum atomic E-state index is 0.296. The molecule has 0 aliphatic rings. The average molecular weight is 310 g/mol. The molecule has 18 heavy (non-hydrogen) atoms. The number of hydrogen-bond donors (Lipinski definition) is 2. The molecule has 0 amide bonds. The van der Waals surface area contributed by atoms with Crippen LogP contribution < -0.4 is 5.32 Å². The minimum Gasteiger partial charge on any atom is -0.508 e. The number of phenolic OH excluding ortho intramolecular Hbond substituents is 1. The molecule has 2 rings (SSSR count). The van der Waals surface area contributed by atoms with Crippen LogP contribution in [-0.4, -0.2) is 14.9 Å². The van der Waals surface area contributed by atoms with Gasteiger partial charge in [-0.2, -0.15) is 5.10 Å². The summed E-state index contributed by atoms with van der Waals surface area (Å²) in [6.07, 6.45) is 0. The molecule has 0 fully saturated rings. The Balaban J connectivity index is 2.19. The summed E-state index contributed by atoms with van der Waals surface area (Å²) in [5, 5.41) is 17.4. The van der Waals surface area contributed by atoms with E-state index in [9.17, 15) is 5.11 Å². The molecule has 2 N–H and O–H groups in total. The standard InChI is InChI=1S/C13H16BrN3O/c1-8-13(9(2)17(3)16-8)15-7-10-6-11(14)4-5-12(10)18/h4-6,15,18H,7H2,1-3H3. The number of aromatic hydroxyl groups is 1. The highest BCUT2D eigenvalue weighted by Gasteiger charge is 2.09. The summed E-state index contributed by atoms with van der Waals surface area (Å²) in [5.41, 5.74) is 3.93. The van der Waals surface area contributed by atoms with Crippen LogP contribution in [0.3, 0.4) is 0 Å². The van der Waals surface area contributed by atoms with Crippen LogP contribution >= 0.6 is 15.9 Å². The van der Waals surface area contributed by atoms with Crippen molar-refractivity contribution in [2.45, 2.75) is 20.4 Å². The van der Waals surface area contributed by atoms with Gasteiger partial charge >= 0.3 is 0 Å². The van der Waals surface area contributed by atoms with Crippen LogP contribution in [0, 0.1) is 13.8 Å². The third kappa shape index (κ3) is 2.51. The largest absolute Gasteiger partial charge is 0.508 e. The van der Waals surface area contributed by atoms with Crippen LogP contribution in [-0.2, 0) is 13.6 Å². The smallest absolute Gasteiger partial charge is 0.120 e. The normalized spacial score (nSPS) is 10.7. The molecule has 0 spiro atoms. The van der Waals surface area contributed by atoms with Crippen molar-refractivity contribution in [1.29, 1.82) is 0 Å². The zero-order chi connectivity index (χ0) is 13.3. The molecular weight excluding hydrogens is 294 g/mol. The molecule has 0 aliphatic carbocycles. The Morgan fingerprint density at radius 2 is 2.11 bits per heavy atom. The maximum atomic E-state index is 9.78. The highest BCUT2D eigenvalue weighted by Crippen LogP contribution is 2.24. The van der Waals surface area contributed by atoms with E-state index in [0.717, 1.165) is 27.1 Å². The van der Waals surface area contributed by atoms with E-state index < -0.39 is 0 Å². The number of hydrogen-bond acceptors (Lipinski definition) is 3. The summed E-state index contributed by atoms with van der Waals surface area (Å²) in [6.45, 7) is 4.55. The predicted octanol–water partition coefficient (Wildman–Crippen LogP) is 3.12. The minimum absolute atomic E-state index is 0.296. The number of anilines is 1. The molecule has 1 aromatic carbocycles. The maximum Gasteiger partial charge on any atom is 0.120 e. The zero-order valence-corrected chi connectivity index (χ0v) is 12.2. The second kappa shape index (κ2) is 5.02. The van der Waals surface area contributed by atoms with Gasteiger partial charge in [0.25, 0.3) is 0 Å². The van der Waals surface area contributed by atoms with Gasteiger partial charge in [-0.25, -0.2) is 0 Å². The Hall–Kier alpha value is -1.49. The molecule has 0 bridgehead atoms. The van der Waals surface area contributed by atoms with Crippen molar-refractivity contribution in [2.24, 2.45) is 7.05 Å². The van der Waals surface area contributed by atoms with E-state index in [1.165, 1.54) is 0 Å². The summed E-state index contributed by atoms with van der Waals surface area (Å²) < 4.78 is 2.80. The van der Waals surface area contributed by atoms with E-state index in [2.05, 4.69) is 26.3 Å². The fraction of sp³-hybridized carbons (Fsp3) is 0.308. The van der Waals surface area contributed by atoms with Crippen molar-refractivity contribution in [3.63, 3.8) is 0 Å². The van der Waals surface area contributed by atoms with Gasteiger partial charge in [0.05, 0.1) is 17.1 Å². The Kier molecular flexibility index (Phi) is 3.61. The number of phenols is 1. The van der Waals surface area contributed by atoms with Gasteiger partial charge in [-0.05, 0) is 32.0 Å². The number of aromatic nitrogens is 2. The molecule has 5 heteroatoms. The van der Waals surface area contributed by atoms with Gasteiger partial charge in [0.2, 0.25) is 0 Å². The molecule has 4 nitrogen and oxygen atoms in total. The van der Waals surface area contributed by atoms with Crippen molar-refractivity contribution in [3.05, 3.63) is 39.6 Å². The van der Waals surface area contributed by atoms with Gasteiger partial charge in [-0.3, -0.25) is 4.68 Å². The lowest BCUT2D eigenvalue weighted by Crippen LogP contribution is -2.02. The molecular formula is C13H16BrN3O. The Bertz CT molecular complexity index is 578. The van der Waals surface area contributed by atoms with Crippen molar-refractivity contribution >= 4 is 21.6 Å². The molecule has 0 radical (unpaired) electrons. The lowest BCUT2D eigenvalue weighted by Gasteiger charge is -2.09. The molecule has 1 heterocycles. The van der Waals surface area contributed by atoms with Crippen LogP contribution in [0.1, 0.15) is 17.0 Å². The van der Waals surface area contributed by atoms with Gasteiger partial charge < -0.3 is 10.4 Å². The van der Waals surface area contributed by atoms with Gasteiger partial charge in [0, 0.05) is 23.6 Å². The first-order valence-corrected chi connectivity index (χ1v) is 6.50. The summed E-state index contributed by atoms with van der Waals surface area (Å²) in [6, 6.07) is 5.41. The van der Waals surface area contributed by atoms with Gasteiger partial charge in [-0.15, -0.1) is 0 Å². The first-order chi connectivity index (χ1) is 8.49. The summed E-state index contributed by atoms with van der Waals surface area (Å²) in [7, 11) is 1.92. The Labute approximate surface area is 115 Å². The average Bonchev–Trinajstić information content (AvgIpc) is 2.55. The predicted molar refractivity (Wildman–Crippen MR) is 75.8 cm³/mol. The van der Waals surface area contributed by atoms with E-state index in [1.807, 2.05) is 37.7 Å². The SMILES string of the molecule is Cc1nn(C)c(C)c1NCc1cc(Br)ccc1O. The number of rotatable bonds is 3. The van der Waals surface area contributed by atoms with E-state index >= 15 is 0 Å². The fourth-order valence-electron chi connectivity index (χ4n) is 1.91. The maximum absolute atomic E-state index is 9.78. The molecule has 2 aromatic rings. The van der Waals surface area contributed by atoms with Gasteiger partial charge in [-0.1, -0.05) is 15.9 Å². The van der Waals surface area contributed by atoms with Crippen LogP contribution in [0.25, 0.3) is 0 Å². The van der Waals surface area contributed by atoms with Crippen LogP contribution in [0.4, 0.5) is 5.69 Å². The molecule has 1 aromatic heterocycles. The summed E-state index contributed by atoms with van der Waals surface area (Å²) in [5.74, 6) is 0.296. The van der Waals surface area contributed by atoms with Crippen LogP contribution in [0.15, 0.2) is 22.7 Å². The number of halogens is 1.